The second kappa shape index (κ2) is 5.39. The first-order valence-electron chi connectivity index (χ1n) is 4.50. The first-order valence-corrected chi connectivity index (χ1v) is 4.50. The van der Waals surface area contributed by atoms with Gasteiger partial charge in [-0.3, -0.25) is 4.79 Å². The van der Waals surface area contributed by atoms with Crippen LogP contribution < -0.4 is 5.32 Å². The Labute approximate surface area is 82.4 Å². The van der Waals surface area contributed by atoms with Gasteiger partial charge in [-0.1, -0.05) is 12.1 Å². The zero-order valence-electron chi connectivity index (χ0n) is 8.37. The van der Waals surface area contributed by atoms with E-state index in [1.165, 1.54) is 0 Å². The van der Waals surface area contributed by atoms with E-state index < -0.39 is 0 Å². The largest absolute Gasteiger partial charge is 0.383 e. The predicted molar refractivity (Wildman–Crippen MR) is 50.1 cm³/mol. The van der Waals surface area contributed by atoms with Crippen LogP contribution in [0.3, 0.4) is 0 Å². The highest BCUT2D eigenvalue weighted by Crippen LogP contribution is 2.03. The highest BCUT2D eigenvalue weighted by atomic mass is 16.5. The lowest BCUT2D eigenvalue weighted by Crippen LogP contribution is -2.27. The lowest BCUT2D eigenvalue weighted by Gasteiger charge is -1.99. The average molecular weight is 198 g/mol. The molecule has 0 spiro atoms. The van der Waals surface area contributed by atoms with Crippen molar-refractivity contribution >= 4 is 5.91 Å². The maximum atomic E-state index is 11.4. The van der Waals surface area contributed by atoms with Crippen LogP contribution in [-0.2, 0) is 11.2 Å². The van der Waals surface area contributed by atoms with Gasteiger partial charge in [0, 0.05) is 26.1 Å². The third-order valence-corrected chi connectivity index (χ3v) is 1.73. The number of aryl methyl sites for hydroxylation is 1. The van der Waals surface area contributed by atoms with Gasteiger partial charge in [0.2, 0.25) is 0 Å². The maximum absolute atomic E-state index is 11.4. The molecule has 1 aromatic heterocycles. The normalized spacial score (nSPS) is 10.1. The summed E-state index contributed by atoms with van der Waals surface area (Å²) in [6.45, 7) is 2.90. The van der Waals surface area contributed by atoms with Crippen LogP contribution in [0.1, 0.15) is 23.2 Å². The number of methoxy groups -OCH3 is 1. The number of carbonyl (C=O) groups is 1. The number of nitrogens with one attached hydrogen (secondary N) is 1. The molecule has 1 rings (SSSR count). The summed E-state index contributed by atoms with van der Waals surface area (Å²) in [5, 5.41) is 6.29. The molecule has 0 saturated carbocycles. The van der Waals surface area contributed by atoms with E-state index in [2.05, 4.69) is 10.5 Å². The summed E-state index contributed by atoms with van der Waals surface area (Å²) in [5.74, 6) is 0.479. The molecule has 0 unspecified atom stereocenters. The SMILES string of the molecule is CCc1cc(C(=O)NCCOC)no1. The fourth-order valence-electron chi connectivity index (χ4n) is 0.944. The molecule has 1 heterocycles. The summed E-state index contributed by atoms with van der Waals surface area (Å²) >= 11 is 0. The molecular formula is C9H14N2O3. The van der Waals surface area contributed by atoms with Gasteiger partial charge >= 0.3 is 0 Å². The standard InChI is InChI=1S/C9H14N2O3/c1-3-7-6-8(11-14-7)9(12)10-4-5-13-2/h6H,3-5H2,1-2H3,(H,10,12). The van der Waals surface area contributed by atoms with Crippen LogP contribution in [0.2, 0.25) is 0 Å². The zero-order chi connectivity index (χ0) is 10.4. The number of hydrogen-bond donors (Lipinski definition) is 1. The molecular weight excluding hydrogens is 184 g/mol. The Hall–Kier alpha value is -1.36. The van der Waals surface area contributed by atoms with E-state index in [1.807, 2.05) is 6.92 Å². The average Bonchev–Trinajstić information content (AvgIpc) is 2.66. The fourth-order valence-corrected chi connectivity index (χ4v) is 0.944. The lowest BCUT2D eigenvalue weighted by atomic mass is 10.3. The van der Waals surface area contributed by atoms with Crippen molar-refractivity contribution in [2.24, 2.45) is 0 Å². The van der Waals surface area contributed by atoms with Crippen molar-refractivity contribution < 1.29 is 14.1 Å². The highest BCUT2D eigenvalue weighted by Gasteiger charge is 2.10. The van der Waals surface area contributed by atoms with Gasteiger partial charge in [0.15, 0.2) is 5.69 Å². The molecule has 1 aromatic rings. The van der Waals surface area contributed by atoms with Crippen LogP contribution in [0.25, 0.3) is 0 Å². The minimum Gasteiger partial charge on any atom is -0.383 e. The number of aromatic nitrogens is 1. The zero-order valence-corrected chi connectivity index (χ0v) is 8.37. The van der Waals surface area contributed by atoms with Gasteiger partial charge in [0.1, 0.15) is 5.76 Å². The van der Waals surface area contributed by atoms with Gasteiger partial charge in [-0.2, -0.15) is 0 Å². The third-order valence-electron chi connectivity index (χ3n) is 1.73. The minimum absolute atomic E-state index is 0.231. The van der Waals surface area contributed by atoms with Crippen LogP contribution >= 0.6 is 0 Å². The van der Waals surface area contributed by atoms with E-state index in [9.17, 15) is 4.79 Å². The third kappa shape index (κ3) is 2.85. The molecule has 5 heteroatoms. The Bertz CT molecular complexity index is 296. The summed E-state index contributed by atoms with van der Waals surface area (Å²) in [7, 11) is 1.58. The first kappa shape index (κ1) is 10.7. The summed E-state index contributed by atoms with van der Waals surface area (Å²) in [4.78, 5) is 11.4. The molecule has 0 radical (unpaired) electrons. The van der Waals surface area contributed by atoms with Gasteiger partial charge in [-0.15, -0.1) is 0 Å². The molecule has 0 aromatic carbocycles. The van der Waals surface area contributed by atoms with Gasteiger partial charge < -0.3 is 14.6 Å². The smallest absolute Gasteiger partial charge is 0.273 e. The number of hydrogen-bond acceptors (Lipinski definition) is 4. The molecule has 0 atom stereocenters. The van der Waals surface area contributed by atoms with Crippen LogP contribution in [0, 0.1) is 0 Å². The summed E-state index contributed by atoms with van der Waals surface area (Å²) in [5.41, 5.74) is 0.318. The van der Waals surface area contributed by atoms with Crippen molar-refractivity contribution in [1.29, 1.82) is 0 Å². The number of rotatable bonds is 5. The van der Waals surface area contributed by atoms with E-state index in [4.69, 9.17) is 9.26 Å². The molecule has 0 aliphatic rings. The monoisotopic (exact) mass is 198 g/mol. The molecule has 14 heavy (non-hydrogen) atoms. The van der Waals surface area contributed by atoms with Gasteiger partial charge in [-0.25, -0.2) is 0 Å². The highest BCUT2D eigenvalue weighted by molar-refractivity contribution is 5.92. The van der Waals surface area contributed by atoms with Crippen LogP contribution in [-0.4, -0.2) is 31.3 Å². The summed E-state index contributed by atoms with van der Waals surface area (Å²) in [6, 6.07) is 1.64. The molecule has 78 valence electrons. The molecule has 0 fully saturated rings. The van der Waals surface area contributed by atoms with Crippen molar-refractivity contribution in [3.8, 4) is 0 Å². The second-order valence-corrected chi connectivity index (χ2v) is 2.78. The van der Waals surface area contributed by atoms with E-state index in [1.54, 1.807) is 13.2 Å². The fraction of sp³-hybridized carbons (Fsp3) is 0.556. The van der Waals surface area contributed by atoms with Gasteiger partial charge in [0.05, 0.1) is 6.61 Å². The van der Waals surface area contributed by atoms with Gasteiger partial charge in [-0.05, 0) is 0 Å². The van der Waals surface area contributed by atoms with Crippen molar-refractivity contribution in [3.05, 3.63) is 17.5 Å². The maximum Gasteiger partial charge on any atom is 0.273 e. The molecule has 1 amide bonds. The van der Waals surface area contributed by atoms with Crippen LogP contribution in [0.5, 0.6) is 0 Å². The molecule has 0 aliphatic carbocycles. The molecule has 1 N–H and O–H groups in total. The molecule has 5 nitrogen and oxygen atoms in total. The molecule has 0 aliphatic heterocycles. The minimum atomic E-state index is -0.231. The number of amides is 1. The van der Waals surface area contributed by atoms with Crippen LogP contribution in [0.4, 0.5) is 0 Å². The topological polar surface area (TPSA) is 64.4 Å². The number of ether oxygens (including phenoxy) is 1. The van der Waals surface area contributed by atoms with E-state index in [-0.39, 0.29) is 5.91 Å². The first-order chi connectivity index (χ1) is 6.77. The second-order valence-electron chi connectivity index (χ2n) is 2.78. The number of carbonyl (C=O) groups excluding carboxylic acids is 1. The van der Waals surface area contributed by atoms with Crippen molar-refractivity contribution in [2.75, 3.05) is 20.3 Å². The van der Waals surface area contributed by atoms with Crippen molar-refractivity contribution in [3.63, 3.8) is 0 Å². The van der Waals surface area contributed by atoms with E-state index in [0.717, 1.165) is 6.42 Å². The molecule has 0 bridgehead atoms. The van der Waals surface area contributed by atoms with Crippen molar-refractivity contribution in [1.82, 2.24) is 10.5 Å². The Morgan fingerprint density at radius 3 is 3.07 bits per heavy atom. The Morgan fingerprint density at radius 2 is 2.50 bits per heavy atom. The quantitative estimate of drug-likeness (QED) is 0.704. The van der Waals surface area contributed by atoms with Crippen LogP contribution in [0.15, 0.2) is 10.6 Å². The Balaban J connectivity index is 2.44. The van der Waals surface area contributed by atoms with Gasteiger partial charge in [0.25, 0.3) is 5.91 Å². The van der Waals surface area contributed by atoms with Crippen molar-refractivity contribution in [2.45, 2.75) is 13.3 Å². The Kier molecular flexibility index (Phi) is 4.12. The number of nitrogens with zero attached hydrogens (tertiary/aromatic N) is 1. The predicted octanol–water partition coefficient (Wildman–Crippen LogP) is 0.613. The van der Waals surface area contributed by atoms with E-state index in [0.29, 0.717) is 24.6 Å². The molecule has 0 saturated heterocycles. The van der Waals surface area contributed by atoms with E-state index >= 15 is 0 Å². The summed E-state index contributed by atoms with van der Waals surface area (Å²) < 4.78 is 9.70. The summed E-state index contributed by atoms with van der Waals surface area (Å²) in [6.07, 6.45) is 0.734. The Morgan fingerprint density at radius 1 is 1.71 bits per heavy atom. The lowest BCUT2D eigenvalue weighted by molar-refractivity contribution is 0.0928.